The van der Waals surface area contributed by atoms with Crippen LogP contribution in [0.2, 0.25) is 0 Å². The molecule has 0 aliphatic carbocycles. The molecule has 138 valence electrons. The predicted octanol–water partition coefficient (Wildman–Crippen LogP) is 4.31. The molecule has 2 N–H and O–H groups in total. The van der Waals surface area contributed by atoms with Crippen LogP contribution in [-0.2, 0) is 4.74 Å². The summed E-state index contributed by atoms with van der Waals surface area (Å²) in [5.41, 5.74) is 0.966. The number of amides is 2. The molecule has 0 unspecified atom stereocenters. The number of nitrogens with one attached hydrogen (secondary N) is 2. The van der Waals surface area contributed by atoms with Crippen molar-refractivity contribution in [1.82, 2.24) is 5.32 Å². The Labute approximate surface area is 156 Å². The third-order valence-corrected chi connectivity index (χ3v) is 4.43. The van der Waals surface area contributed by atoms with Crippen molar-refractivity contribution in [3.8, 4) is 0 Å². The maximum Gasteiger partial charge on any atom is 0.411 e. The second kappa shape index (κ2) is 10.5. The van der Waals surface area contributed by atoms with Crippen molar-refractivity contribution < 1.29 is 18.7 Å². The van der Waals surface area contributed by atoms with E-state index in [9.17, 15) is 14.0 Å². The number of ether oxygens (including phenoxy) is 1. The van der Waals surface area contributed by atoms with Gasteiger partial charge in [0, 0.05) is 22.7 Å². The van der Waals surface area contributed by atoms with Crippen LogP contribution in [0.15, 0.2) is 53.4 Å². The van der Waals surface area contributed by atoms with Crippen molar-refractivity contribution in [2.45, 2.75) is 18.2 Å². The zero-order chi connectivity index (χ0) is 18.8. The predicted molar refractivity (Wildman–Crippen MR) is 101 cm³/mol. The minimum absolute atomic E-state index is 0.204. The Kier molecular flexibility index (Phi) is 7.95. The SMILES string of the molecule is CCOC(=O)Nc1cccc(C(=O)NCCCSc2ccc(F)cc2)c1. The fourth-order valence-electron chi connectivity index (χ4n) is 2.12. The molecule has 0 saturated heterocycles. The summed E-state index contributed by atoms with van der Waals surface area (Å²) in [6, 6.07) is 13.0. The number of anilines is 1. The highest BCUT2D eigenvalue weighted by Crippen LogP contribution is 2.18. The molecule has 2 aromatic carbocycles. The highest BCUT2D eigenvalue weighted by atomic mass is 32.2. The fourth-order valence-corrected chi connectivity index (χ4v) is 2.97. The molecule has 0 radical (unpaired) electrons. The van der Waals surface area contributed by atoms with Gasteiger partial charge in [0.15, 0.2) is 0 Å². The van der Waals surface area contributed by atoms with Crippen LogP contribution in [0.3, 0.4) is 0 Å². The summed E-state index contributed by atoms with van der Waals surface area (Å²) in [6.45, 7) is 2.53. The van der Waals surface area contributed by atoms with Gasteiger partial charge in [-0.3, -0.25) is 10.1 Å². The van der Waals surface area contributed by atoms with Crippen LogP contribution in [0.4, 0.5) is 14.9 Å². The number of carbonyl (C=O) groups is 2. The number of rotatable bonds is 8. The van der Waals surface area contributed by atoms with E-state index in [0.717, 1.165) is 17.1 Å². The molecule has 26 heavy (non-hydrogen) atoms. The van der Waals surface area contributed by atoms with Crippen molar-refractivity contribution in [3.05, 3.63) is 59.9 Å². The zero-order valence-electron chi connectivity index (χ0n) is 14.5. The lowest BCUT2D eigenvalue weighted by atomic mass is 10.2. The molecular formula is C19H21FN2O3S. The van der Waals surface area contributed by atoms with Crippen molar-refractivity contribution in [2.24, 2.45) is 0 Å². The van der Waals surface area contributed by atoms with Gasteiger partial charge in [0.05, 0.1) is 6.61 Å². The van der Waals surface area contributed by atoms with E-state index < -0.39 is 6.09 Å². The summed E-state index contributed by atoms with van der Waals surface area (Å²) < 4.78 is 17.6. The lowest BCUT2D eigenvalue weighted by Crippen LogP contribution is -2.25. The van der Waals surface area contributed by atoms with Crippen LogP contribution in [0, 0.1) is 5.82 Å². The average molecular weight is 376 g/mol. The van der Waals surface area contributed by atoms with E-state index in [4.69, 9.17) is 4.74 Å². The number of hydrogen-bond acceptors (Lipinski definition) is 4. The molecule has 0 bridgehead atoms. The maximum atomic E-state index is 12.8. The second-order valence-corrected chi connectivity index (χ2v) is 6.51. The number of hydrogen-bond donors (Lipinski definition) is 2. The molecule has 7 heteroatoms. The third kappa shape index (κ3) is 6.76. The molecule has 2 rings (SSSR count). The lowest BCUT2D eigenvalue weighted by molar-refractivity contribution is 0.0953. The van der Waals surface area contributed by atoms with Crippen molar-refractivity contribution in [2.75, 3.05) is 24.2 Å². The van der Waals surface area contributed by atoms with Crippen LogP contribution in [0.1, 0.15) is 23.7 Å². The lowest BCUT2D eigenvalue weighted by Gasteiger charge is -2.08. The molecule has 0 spiro atoms. The first-order chi connectivity index (χ1) is 12.6. The highest BCUT2D eigenvalue weighted by Gasteiger charge is 2.08. The van der Waals surface area contributed by atoms with Crippen molar-refractivity contribution in [1.29, 1.82) is 0 Å². The van der Waals surface area contributed by atoms with Gasteiger partial charge in [-0.05, 0) is 61.6 Å². The average Bonchev–Trinajstić information content (AvgIpc) is 2.63. The molecule has 0 saturated carbocycles. The first-order valence-electron chi connectivity index (χ1n) is 8.29. The molecular weight excluding hydrogens is 355 g/mol. The Morgan fingerprint density at radius 3 is 2.65 bits per heavy atom. The monoisotopic (exact) mass is 376 g/mol. The summed E-state index contributed by atoms with van der Waals surface area (Å²) in [5, 5.41) is 5.41. The number of halogens is 1. The summed E-state index contributed by atoms with van der Waals surface area (Å²) in [6.07, 6.45) is 0.233. The molecule has 5 nitrogen and oxygen atoms in total. The van der Waals surface area contributed by atoms with Crippen LogP contribution in [0.25, 0.3) is 0 Å². The second-order valence-electron chi connectivity index (χ2n) is 5.34. The first kappa shape index (κ1) is 19.8. The highest BCUT2D eigenvalue weighted by molar-refractivity contribution is 7.99. The standard InChI is InChI=1S/C19H21FN2O3S/c1-2-25-19(24)22-16-6-3-5-14(13-16)18(23)21-11-4-12-26-17-9-7-15(20)8-10-17/h3,5-10,13H,2,4,11-12H2,1H3,(H,21,23)(H,22,24). The molecule has 0 fully saturated rings. The van der Waals surface area contributed by atoms with Gasteiger partial charge >= 0.3 is 6.09 Å². The molecule has 2 amide bonds. The Morgan fingerprint density at radius 2 is 1.92 bits per heavy atom. The van der Waals surface area contributed by atoms with Gasteiger partial charge in [-0.1, -0.05) is 6.07 Å². The summed E-state index contributed by atoms with van der Waals surface area (Å²) in [5.74, 6) is 0.363. The van der Waals surface area contributed by atoms with Crippen LogP contribution in [-0.4, -0.2) is 30.9 Å². The van der Waals surface area contributed by atoms with Crippen molar-refractivity contribution in [3.63, 3.8) is 0 Å². The Morgan fingerprint density at radius 1 is 1.15 bits per heavy atom. The van der Waals surface area contributed by atoms with Crippen LogP contribution in [0.5, 0.6) is 0 Å². The molecule has 0 aliphatic rings. The molecule has 0 heterocycles. The van der Waals surface area contributed by atoms with E-state index in [-0.39, 0.29) is 18.3 Å². The minimum Gasteiger partial charge on any atom is -0.450 e. The molecule has 0 aromatic heterocycles. The quantitative estimate of drug-likeness (QED) is 0.532. The van der Waals surface area contributed by atoms with Gasteiger partial charge in [0.2, 0.25) is 0 Å². The minimum atomic E-state index is -0.553. The van der Waals surface area contributed by atoms with E-state index in [2.05, 4.69) is 10.6 Å². The van der Waals surface area contributed by atoms with Gasteiger partial charge in [0.1, 0.15) is 5.82 Å². The van der Waals surface area contributed by atoms with Gasteiger partial charge in [-0.25, -0.2) is 9.18 Å². The van der Waals surface area contributed by atoms with E-state index >= 15 is 0 Å². The number of benzene rings is 2. The summed E-state index contributed by atoms with van der Waals surface area (Å²) in [4.78, 5) is 24.6. The molecule has 0 atom stereocenters. The Balaban J connectivity index is 1.73. The van der Waals surface area contributed by atoms with E-state index in [1.165, 1.54) is 12.1 Å². The van der Waals surface area contributed by atoms with Crippen LogP contribution < -0.4 is 10.6 Å². The topological polar surface area (TPSA) is 67.4 Å². The smallest absolute Gasteiger partial charge is 0.411 e. The van der Waals surface area contributed by atoms with Crippen LogP contribution >= 0.6 is 11.8 Å². The normalized spacial score (nSPS) is 10.2. The van der Waals surface area contributed by atoms with Gasteiger partial charge in [-0.15, -0.1) is 11.8 Å². The van der Waals surface area contributed by atoms with Gasteiger partial charge < -0.3 is 10.1 Å². The maximum absolute atomic E-state index is 12.8. The molecule has 0 aliphatic heterocycles. The Bertz CT molecular complexity index is 738. The van der Waals surface area contributed by atoms with Crippen molar-refractivity contribution >= 4 is 29.4 Å². The van der Waals surface area contributed by atoms with Gasteiger partial charge in [-0.2, -0.15) is 0 Å². The van der Waals surface area contributed by atoms with Gasteiger partial charge in [0.25, 0.3) is 5.91 Å². The van der Waals surface area contributed by atoms with E-state index in [0.29, 0.717) is 17.8 Å². The fraction of sp³-hybridized carbons (Fsp3) is 0.263. The largest absolute Gasteiger partial charge is 0.450 e. The van der Waals surface area contributed by atoms with E-state index in [1.807, 2.05) is 0 Å². The summed E-state index contributed by atoms with van der Waals surface area (Å²) in [7, 11) is 0. The summed E-state index contributed by atoms with van der Waals surface area (Å²) >= 11 is 1.61. The number of thioether (sulfide) groups is 1. The Hall–Kier alpha value is -2.54. The first-order valence-corrected chi connectivity index (χ1v) is 9.27. The molecule has 2 aromatic rings. The zero-order valence-corrected chi connectivity index (χ0v) is 15.3. The van der Waals surface area contributed by atoms with E-state index in [1.54, 1.807) is 55.1 Å². The number of carbonyl (C=O) groups excluding carboxylic acids is 2. The third-order valence-electron chi connectivity index (χ3n) is 3.34.